The molecule has 1 rings (SSSR count). The van der Waals surface area contributed by atoms with Crippen LogP contribution in [0.2, 0.25) is 5.02 Å². The summed E-state index contributed by atoms with van der Waals surface area (Å²) in [5.74, 6) is 0.0299. The first-order valence-corrected chi connectivity index (χ1v) is 4.22. The Morgan fingerprint density at radius 3 is 2.33 bits per heavy atom. The molecule has 66 valence electrons. The van der Waals surface area contributed by atoms with E-state index in [1.807, 2.05) is 12.1 Å². The van der Waals surface area contributed by atoms with E-state index in [0.29, 0.717) is 11.6 Å². The summed E-state index contributed by atoms with van der Waals surface area (Å²) in [6.45, 7) is 0.538. The standard InChI is InChI=1S/C9H12ClNO/c10-9-3-1-7(2-4-9)8(5-11)6-12/h1-4,8,12H,5-6,11H2. The third-order valence-corrected chi connectivity index (χ3v) is 2.10. The van der Waals surface area contributed by atoms with Crippen LogP contribution in [-0.2, 0) is 0 Å². The van der Waals surface area contributed by atoms with Crippen molar-refractivity contribution in [1.82, 2.24) is 0 Å². The van der Waals surface area contributed by atoms with Crippen LogP contribution >= 0.6 is 11.6 Å². The molecular formula is C9H12ClNO. The maximum atomic E-state index is 8.94. The van der Waals surface area contributed by atoms with Gasteiger partial charge in [-0.3, -0.25) is 0 Å². The smallest absolute Gasteiger partial charge is 0.0511 e. The van der Waals surface area contributed by atoms with E-state index in [2.05, 4.69) is 0 Å². The zero-order valence-electron chi connectivity index (χ0n) is 6.70. The molecule has 0 saturated carbocycles. The van der Waals surface area contributed by atoms with E-state index in [9.17, 15) is 0 Å². The molecular weight excluding hydrogens is 174 g/mol. The van der Waals surface area contributed by atoms with Crippen molar-refractivity contribution in [3.63, 3.8) is 0 Å². The molecule has 0 aliphatic heterocycles. The third-order valence-electron chi connectivity index (χ3n) is 1.85. The molecule has 0 radical (unpaired) electrons. The zero-order valence-corrected chi connectivity index (χ0v) is 7.46. The number of halogens is 1. The number of benzene rings is 1. The first-order valence-electron chi connectivity index (χ1n) is 3.84. The molecule has 0 saturated heterocycles. The van der Waals surface area contributed by atoms with Gasteiger partial charge < -0.3 is 10.8 Å². The van der Waals surface area contributed by atoms with Gasteiger partial charge >= 0.3 is 0 Å². The molecule has 1 atom stereocenters. The van der Waals surface area contributed by atoms with E-state index in [4.69, 9.17) is 22.4 Å². The van der Waals surface area contributed by atoms with Crippen LogP contribution in [0.15, 0.2) is 24.3 Å². The average molecular weight is 186 g/mol. The molecule has 0 bridgehead atoms. The topological polar surface area (TPSA) is 46.2 Å². The second-order valence-electron chi connectivity index (χ2n) is 2.67. The summed E-state index contributed by atoms with van der Waals surface area (Å²) < 4.78 is 0. The van der Waals surface area contributed by atoms with Gasteiger partial charge in [0.1, 0.15) is 0 Å². The first-order chi connectivity index (χ1) is 5.77. The van der Waals surface area contributed by atoms with E-state index in [1.54, 1.807) is 12.1 Å². The Bertz CT molecular complexity index is 231. The fraction of sp³-hybridized carbons (Fsp3) is 0.333. The zero-order chi connectivity index (χ0) is 8.97. The number of aliphatic hydroxyl groups is 1. The molecule has 2 nitrogen and oxygen atoms in total. The Labute approximate surface area is 77.0 Å². The number of hydrogen-bond acceptors (Lipinski definition) is 2. The largest absolute Gasteiger partial charge is 0.396 e. The first kappa shape index (κ1) is 9.52. The molecule has 1 aromatic carbocycles. The van der Waals surface area contributed by atoms with Gasteiger partial charge in [0.05, 0.1) is 6.61 Å². The van der Waals surface area contributed by atoms with Gasteiger partial charge in [0.15, 0.2) is 0 Å². The predicted octanol–water partition coefficient (Wildman–Crippen LogP) is 1.37. The highest BCUT2D eigenvalue weighted by atomic mass is 35.5. The van der Waals surface area contributed by atoms with E-state index in [-0.39, 0.29) is 12.5 Å². The van der Waals surface area contributed by atoms with Crippen molar-refractivity contribution in [2.45, 2.75) is 5.92 Å². The van der Waals surface area contributed by atoms with Crippen molar-refractivity contribution in [2.24, 2.45) is 5.73 Å². The summed E-state index contributed by atoms with van der Waals surface area (Å²) in [4.78, 5) is 0. The lowest BCUT2D eigenvalue weighted by Gasteiger charge is -2.11. The highest BCUT2D eigenvalue weighted by Crippen LogP contribution is 2.16. The van der Waals surface area contributed by atoms with Crippen LogP contribution in [-0.4, -0.2) is 18.3 Å². The molecule has 0 heterocycles. The summed E-state index contributed by atoms with van der Waals surface area (Å²) >= 11 is 5.71. The van der Waals surface area contributed by atoms with E-state index >= 15 is 0 Å². The average Bonchev–Trinajstić information content (AvgIpc) is 2.10. The normalized spacial score (nSPS) is 12.9. The lowest BCUT2D eigenvalue weighted by atomic mass is 10.0. The quantitative estimate of drug-likeness (QED) is 0.748. The summed E-state index contributed by atoms with van der Waals surface area (Å²) in [7, 11) is 0. The maximum absolute atomic E-state index is 8.94. The van der Waals surface area contributed by atoms with E-state index in [0.717, 1.165) is 5.56 Å². The molecule has 0 aromatic heterocycles. The molecule has 1 unspecified atom stereocenters. The van der Waals surface area contributed by atoms with Gasteiger partial charge in [-0.05, 0) is 17.7 Å². The Morgan fingerprint density at radius 1 is 1.33 bits per heavy atom. The van der Waals surface area contributed by atoms with E-state index in [1.165, 1.54) is 0 Å². The minimum absolute atomic E-state index is 0.0299. The Kier molecular flexibility index (Phi) is 3.53. The minimum Gasteiger partial charge on any atom is -0.396 e. The fourth-order valence-corrected chi connectivity index (χ4v) is 1.18. The number of rotatable bonds is 3. The molecule has 0 spiro atoms. The van der Waals surface area contributed by atoms with E-state index < -0.39 is 0 Å². The predicted molar refractivity (Wildman–Crippen MR) is 50.3 cm³/mol. The van der Waals surface area contributed by atoms with Crippen molar-refractivity contribution >= 4 is 11.6 Å². The molecule has 3 heteroatoms. The summed E-state index contributed by atoms with van der Waals surface area (Å²) in [5.41, 5.74) is 6.49. The van der Waals surface area contributed by atoms with Gasteiger partial charge in [-0.1, -0.05) is 23.7 Å². The third kappa shape index (κ3) is 2.21. The Hall–Kier alpha value is -0.570. The monoisotopic (exact) mass is 185 g/mol. The molecule has 0 amide bonds. The molecule has 0 fully saturated rings. The van der Waals surface area contributed by atoms with Crippen LogP contribution in [0.25, 0.3) is 0 Å². The van der Waals surface area contributed by atoms with Crippen LogP contribution in [0.1, 0.15) is 11.5 Å². The fourth-order valence-electron chi connectivity index (χ4n) is 1.05. The maximum Gasteiger partial charge on any atom is 0.0511 e. The van der Waals surface area contributed by atoms with Gasteiger partial charge in [0.2, 0.25) is 0 Å². The van der Waals surface area contributed by atoms with Crippen LogP contribution < -0.4 is 5.73 Å². The number of hydrogen-bond donors (Lipinski definition) is 2. The van der Waals surface area contributed by atoms with Crippen LogP contribution in [0.5, 0.6) is 0 Å². The van der Waals surface area contributed by atoms with Crippen LogP contribution in [0.4, 0.5) is 0 Å². The minimum atomic E-state index is 0.0299. The number of aliphatic hydroxyl groups excluding tert-OH is 1. The highest BCUT2D eigenvalue weighted by Gasteiger charge is 2.06. The molecule has 1 aromatic rings. The molecule has 0 aliphatic carbocycles. The van der Waals surface area contributed by atoms with Crippen molar-refractivity contribution in [3.8, 4) is 0 Å². The van der Waals surface area contributed by atoms with Crippen LogP contribution in [0, 0.1) is 0 Å². The second kappa shape index (κ2) is 4.45. The van der Waals surface area contributed by atoms with Gasteiger partial charge in [0, 0.05) is 17.5 Å². The van der Waals surface area contributed by atoms with Crippen molar-refractivity contribution in [1.29, 1.82) is 0 Å². The lowest BCUT2D eigenvalue weighted by molar-refractivity contribution is 0.268. The summed E-state index contributed by atoms with van der Waals surface area (Å²) in [6, 6.07) is 7.37. The SMILES string of the molecule is NCC(CO)c1ccc(Cl)cc1. The molecule has 3 N–H and O–H groups in total. The van der Waals surface area contributed by atoms with Crippen molar-refractivity contribution in [3.05, 3.63) is 34.9 Å². The Morgan fingerprint density at radius 2 is 1.92 bits per heavy atom. The molecule has 12 heavy (non-hydrogen) atoms. The highest BCUT2D eigenvalue weighted by molar-refractivity contribution is 6.30. The summed E-state index contributed by atoms with van der Waals surface area (Å²) in [5, 5.41) is 9.64. The molecule has 0 aliphatic rings. The van der Waals surface area contributed by atoms with Gasteiger partial charge in [-0.2, -0.15) is 0 Å². The van der Waals surface area contributed by atoms with Gasteiger partial charge in [-0.25, -0.2) is 0 Å². The van der Waals surface area contributed by atoms with Crippen molar-refractivity contribution < 1.29 is 5.11 Å². The lowest BCUT2D eigenvalue weighted by Crippen LogP contribution is -2.15. The number of nitrogens with two attached hydrogens (primary N) is 1. The van der Waals surface area contributed by atoms with Crippen molar-refractivity contribution in [2.75, 3.05) is 13.2 Å². The summed E-state index contributed by atoms with van der Waals surface area (Å²) in [6.07, 6.45) is 0. The Balaban J connectivity index is 2.80. The van der Waals surface area contributed by atoms with Crippen LogP contribution in [0.3, 0.4) is 0 Å². The van der Waals surface area contributed by atoms with Gasteiger partial charge in [-0.15, -0.1) is 0 Å². The van der Waals surface area contributed by atoms with Gasteiger partial charge in [0.25, 0.3) is 0 Å². The second-order valence-corrected chi connectivity index (χ2v) is 3.10.